The third kappa shape index (κ3) is 5.32. The second-order valence-electron chi connectivity index (χ2n) is 6.61. The van der Waals surface area contributed by atoms with Crippen LogP contribution in [0.2, 0.25) is 0 Å². The van der Waals surface area contributed by atoms with Gasteiger partial charge in [-0.15, -0.1) is 0 Å². The monoisotopic (exact) mass is 370 g/mol. The van der Waals surface area contributed by atoms with E-state index < -0.39 is 0 Å². The molecule has 0 bridgehead atoms. The number of hydrogen-bond acceptors (Lipinski definition) is 6. The van der Waals surface area contributed by atoms with Gasteiger partial charge in [-0.1, -0.05) is 12.1 Å². The molecule has 0 aliphatic carbocycles. The molecule has 3 rings (SSSR count). The van der Waals surface area contributed by atoms with Gasteiger partial charge in [-0.3, -0.25) is 9.69 Å². The summed E-state index contributed by atoms with van der Waals surface area (Å²) in [5, 5.41) is 17.0. The zero-order valence-electron chi connectivity index (χ0n) is 15.7. The Kier molecular flexibility index (Phi) is 6.86. The van der Waals surface area contributed by atoms with Gasteiger partial charge in [-0.05, 0) is 31.2 Å². The highest BCUT2D eigenvalue weighted by Gasteiger charge is 2.21. The lowest BCUT2D eigenvalue weighted by atomic mass is 10.1. The molecular weight excluding hydrogens is 344 g/mol. The highest BCUT2D eigenvalue weighted by molar-refractivity contribution is 5.94. The van der Waals surface area contributed by atoms with Crippen LogP contribution in [0.5, 0.6) is 0 Å². The smallest absolute Gasteiger partial charge is 0.253 e. The van der Waals surface area contributed by atoms with Crippen LogP contribution in [0.1, 0.15) is 16.1 Å². The normalized spacial score (nSPS) is 15.1. The largest absolute Gasteiger partial charge is 0.394 e. The molecule has 0 atom stereocenters. The summed E-state index contributed by atoms with van der Waals surface area (Å²) in [6.45, 7) is 6.87. The summed E-state index contributed by atoms with van der Waals surface area (Å²) in [7, 11) is 0. The molecular formula is C20H26N4O3. The summed E-state index contributed by atoms with van der Waals surface area (Å²) in [4.78, 5) is 16.9. The lowest BCUT2D eigenvalue weighted by Gasteiger charge is -2.34. The molecule has 7 nitrogen and oxygen atoms in total. The molecule has 2 heterocycles. The number of aliphatic hydroxyl groups excluding tert-OH is 1. The number of benzene rings is 1. The minimum absolute atomic E-state index is 0.0531. The average molecular weight is 370 g/mol. The first kappa shape index (κ1) is 19.4. The molecule has 1 aliphatic rings. The van der Waals surface area contributed by atoms with Crippen molar-refractivity contribution in [2.45, 2.75) is 6.92 Å². The molecule has 27 heavy (non-hydrogen) atoms. The number of piperazine rings is 1. The Labute approximate surface area is 159 Å². The van der Waals surface area contributed by atoms with Crippen molar-refractivity contribution < 1.29 is 14.6 Å². The van der Waals surface area contributed by atoms with Crippen molar-refractivity contribution in [2.24, 2.45) is 0 Å². The maximum atomic E-state index is 12.7. The van der Waals surface area contributed by atoms with Crippen molar-refractivity contribution in [3.8, 4) is 11.3 Å². The van der Waals surface area contributed by atoms with Crippen molar-refractivity contribution in [3.05, 3.63) is 47.7 Å². The van der Waals surface area contributed by atoms with Gasteiger partial charge in [0.1, 0.15) is 0 Å². The summed E-state index contributed by atoms with van der Waals surface area (Å²) in [6, 6.07) is 11.4. The summed E-state index contributed by atoms with van der Waals surface area (Å²) in [5.41, 5.74) is 3.33. The second kappa shape index (κ2) is 9.55. The summed E-state index contributed by atoms with van der Waals surface area (Å²) in [6.07, 6.45) is 0. The van der Waals surface area contributed by atoms with Gasteiger partial charge < -0.3 is 14.7 Å². The second-order valence-corrected chi connectivity index (χ2v) is 6.61. The van der Waals surface area contributed by atoms with Gasteiger partial charge in [0, 0.05) is 43.9 Å². The molecule has 1 amide bonds. The number of aromatic nitrogens is 2. The molecule has 1 aromatic carbocycles. The van der Waals surface area contributed by atoms with Crippen molar-refractivity contribution >= 4 is 5.91 Å². The van der Waals surface area contributed by atoms with E-state index in [4.69, 9.17) is 9.84 Å². The molecule has 0 spiro atoms. The van der Waals surface area contributed by atoms with Crippen LogP contribution >= 0.6 is 0 Å². The van der Waals surface area contributed by atoms with E-state index in [2.05, 4.69) is 15.1 Å². The Morgan fingerprint density at radius 3 is 2.41 bits per heavy atom. The van der Waals surface area contributed by atoms with Crippen LogP contribution < -0.4 is 0 Å². The minimum Gasteiger partial charge on any atom is -0.394 e. The van der Waals surface area contributed by atoms with E-state index >= 15 is 0 Å². The quantitative estimate of drug-likeness (QED) is 0.739. The zero-order valence-corrected chi connectivity index (χ0v) is 15.7. The van der Waals surface area contributed by atoms with Crippen LogP contribution in [0.3, 0.4) is 0 Å². The lowest BCUT2D eigenvalue weighted by Crippen LogP contribution is -2.49. The van der Waals surface area contributed by atoms with Crippen molar-refractivity contribution in [1.82, 2.24) is 20.0 Å². The Morgan fingerprint density at radius 2 is 1.78 bits per heavy atom. The first-order chi connectivity index (χ1) is 13.2. The van der Waals surface area contributed by atoms with E-state index in [0.717, 1.165) is 36.6 Å². The number of rotatable bonds is 7. The molecule has 0 radical (unpaired) electrons. The highest BCUT2D eigenvalue weighted by Crippen LogP contribution is 2.18. The van der Waals surface area contributed by atoms with Gasteiger partial charge in [0.2, 0.25) is 0 Å². The number of nitrogens with zero attached hydrogens (tertiary/aromatic N) is 4. The fraction of sp³-hybridized carbons (Fsp3) is 0.450. The Balaban J connectivity index is 1.52. The van der Waals surface area contributed by atoms with Gasteiger partial charge in [0.15, 0.2) is 0 Å². The predicted molar refractivity (Wildman–Crippen MR) is 102 cm³/mol. The standard InChI is InChI=1S/C20H26N4O3/c1-16-2-7-19(22-21-16)17-3-5-18(6-4-17)20(26)24-10-8-23(9-11-24)12-14-27-15-13-25/h2-7,25H,8-15H2,1H3. The van der Waals surface area contributed by atoms with Gasteiger partial charge in [0.25, 0.3) is 5.91 Å². The highest BCUT2D eigenvalue weighted by atomic mass is 16.5. The zero-order chi connectivity index (χ0) is 19.1. The van der Waals surface area contributed by atoms with E-state index in [1.54, 1.807) is 0 Å². The molecule has 0 unspecified atom stereocenters. The van der Waals surface area contributed by atoms with Crippen LogP contribution in [0.4, 0.5) is 0 Å². The number of carbonyl (C=O) groups is 1. The Hall–Kier alpha value is -2.35. The molecule has 0 saturated carbocycles. The fourth-order valence-corrected chi connectivity index (χ4v) is 3.05. The molecule has 2 aromatic rings. The molecule has 1 aromatic heterocycles. The number of amides is 1. The molecule has 1 N–H and O–H groups in total. The van der Waals surface area contributed by atoms with Crippen molar-refractivity contribution in [3.63, 3.8) is 0 Å². The number of carbonyl (C=O) groups excluding carboxylic acids is 1. The van der Waals surface area contributed by atoms with Crippen molar-refractivity contribution in [2.75, 3.05) is 52.5 Å². The maximum Gasteiger partial charge on any atom is 0.253 e. The number of aliphatic hydroxyl groups is 1. The van der Waals surface area contributed by atoms with E-state index in [-0.39, 0.29) is 12.5 Å². The van der Waals surface area contributed by atoms with E-state index in [0.29, 0.717) is 31.9 Å². The van der Waals surface area contributed by atoms with Crippen LogP contribution in [0, 0.1) is 6.92 Å². The predicted octanol–water partition coefficient (Wildman–Crippen LogP) is 1.22. The van der Waals surface area contributed by atoms with Crippen LogP contribution in [-0.2, 0) is 4.74 Å². The number of hydrogen-bond donors (Lipinski definition) is 1. The average Bonchev–Trinajstić information content (AvgIpc) is 2.72. The fourth-order valence-electron chi connectivity index (χ4n) is 3.05. The van der Waals surface area contributed by atoms with Crippen LogP contribution in [0.25, 0.3) is 11.3 Å². The minimum atomic E-state index is 0.0531. The Morgan fingerprint density at radius 1 is 1.04 bits per heavy atom. The number of aryl methyl sites for hydroxylation is 1. The van der Waals surface area contributed by atoms with Gasteiger partial charge >= 0.3 is 0 Å². The molecule has 144 valence electrons. The molecule has 1 aliphatic heterocycles. The lowest BCUT2D eigenvalue weighted by molar-refractivity contribution is 0.0486. The first-order valence-electron chi connectivity index (χ1n) is 9.28. The summed E-state index contributed by atoms with van der Waals surface area (Å²) >= 11 is 0. The third-order valence-corrected chi connectivity index (χ3v) is 4.67. The topological polar surface area (TPSA) is 78.8 Å². The molecule has 1 saturated heterocycles. The number of ether oxygens (including phenoxy) is 1. The van der Waals surface area contributed by atoms with Crippen LogP contribution in [-0.4, -0.2) is 83.6 Å². The van der Waals surface area contributed by atoms with E-state index in [9.17, 15) is 4.79 Å². The summed E-state index contributed by atoms with van der Waals surface area (Å²) < 4.78 is 5.30. The molecule has 7 heteroatoms. The maximum absolute atomic E-state index is 12.7. The van der Waals surface area contributed by atoms with Crippen molar-refractivity contribution in [1.29, 1.82) is 0 Å². The molecule has 1 fully saturated rings. The van der Waals surface area contributed by atoms with E-state index in [1.807, 2.05) is 48.2 Å². The van der Waals surface area contributed by atoms with Crippen LogP contribution in [0.15, 0.2) is 36.4 Å². The van der Waals surface area contributed by atoms with Gasteiger partial charge in [0.05, 0.1) is 31.2 Å². The first-order valence-corrected chi connectivity index (χ1v) is 9.28. The summed E-state index contributed by atoms with van der Waals surface area (Å²) in [5.74, 6) is 0.0627. The van der Waals surface area contributed by atoms with E-state index in [1.165, 1.54) is 0 Å². The van der Waals surface area contributed by atoms with Gasteiger partial charge in [-0.2, -0.15) is 10.2 Å². The SMILES string of the molecule is Cc1ccc(-c2ccc(C(=O)N3CCN(CCOCCO)CC3)cc2)nn1. The van der Waals surface area contributed by atoms with Gasteiger partial charge in [-0.25, -0.2) is 0 Å². The third-order valence-electron chi connectivity index (χ3n) is 4.67. The Bertz CT molecular complexity index is 726.